The molecule has 1 aliphatic rings. The van der Waals surface area contributed by atoms with E-state index in [-0.39, 0.29) is 11.8 Å². The summed E-state index contributed by atoms with van der Waals surface area (Å²) in [4.78, 5) is 26.9. The number of para-hydroxylation sites is 1. The van der Waals surface area contributed by atoms with E-state index in [0.717, 1.165) is 22.1 Å². The predicted molar refractivity (Wildman–Crippen MR) is 123 cm³/mol. The molecule has 2 heterocycles. The standard InChI is InChI=1S/C26H22N2O4/c1-31-21-14-17-12-13-27-25(29)24-23(19(17)15-22(21)32-2)18-10-6-7-11-20(18)28(24)26(30)16-8-4-3-5-9-16/h3-11,14-15H,12-13H2,1-2H3,(H,27,29). The number of methoxy groups -OCH3 is 2. The molecule has 0 radical (unpaired) electrons. The van der Waals surface area contributed by atoms with Gasteiger partial charge in [0.25, 0.3) is 11.8 Å². The Morgan fingerprint density at radius 3 is 2.38 bits per heavy atom. The molecule has 0 bridgehead atoms. The first-order valence-electron chi connectivity index (χ1n) is 10.4. The summed E-state index contributed by atoms with van der Waals surface area (Å²) in [5.41, 5.74) is 4.12. The van der Waals surface area contributed by atoms with E-state index in [1.54, 1.807) is 26.4 Å². The van der Waals surface area contributed by atoms with Crippen LogP contribution in [0.4, 0.5) is 0 Å². The van der Waals surface area contributed by atoms with Crippen molar-refractivity contribution >= 4 is 22.7 Å². The molecule has 1 amide bonds. The third-order valence-electron chi connectivity index (χ3n) is 5.87. The smallest absolute Gasteiger partial charge is 0.269 e. The molecule has 0 saturated heterocycles. The fourth-order valence-electron chi connectivity index (χ4n) is 4.40. The van der Waals surface area contributed by atoms with Gasteiger partial charge < -0.3 is 14.8 Å². The van der Waals surface area contributed by atoms with Crippen LogP contribution in [0, 0.1) is 0 Å². The van der Waals surface area contributed by atoms with Crippen LogP contribution < -0.4 is 14.8 Å². The topological polar surface area (TPSA) is 69.6 Å². The van der Waals surface area contributed by atoms with Gasteiger partial charge in [-0.1, -0.05) is 36.4 Å². The summed E-state index contributed by atoms with van der Waals surface area (Å²) in [6.45, 7) is 0.446. The molecule has 1 aromatic heterocycles. The zero-order valence-corrected chi connectivity index (χ0v) is 17.8. The molecular formula is C26H22N2O4. The number of hydrogen-bond acceptors (Lipinski definition) is 4. The number of carbonyl (C=O) groups excluding carboxylic acids is 2. The minimum absolute atomic E-state index is 0.249. The third kappa shape index (κ3) is 3.03. The zero-order valence-electron chi connectivity index (χ0n) is 17.8. The van der Waals surface area contributed by atoms with E-state index >= 15 is 0 Å². The average molecular weight is 426 g/mol. The molecular weight excluding hydrogens is 404 g/mol. The highest BCUT2D eigenvalue weighted by Crippen LogP contribution is 2.42. The Bertz CT molecular complexity index is 1360. The van der Waals surface area contributed by atoms with Gasteiger partial charge in [0, 0.05) is 23.1 Å². The minimum atomic E-state index is -0.277. The van der Waals surface area contributed by atoms with Crippen molar-refractivity contribution in [3.8, 4) is 22.6 Å². The molecule has 0 spiro atoms. The summed E-state index contributed by atoms with van der Waals surface area (Å²) >= 11 is 0. The van der Waals surface area contributed by atoms with E-state index in [1.807, 2.05) is 54.6 Å². The lowest BCUT2D eigenvalue weighted by molar-refractivity contribution is 0.0904. The number of benzene rings is 3. The lowest BCUT2D eigenvalue weighted by Gasteiger charge is -2.19. The highest BCUT2D eigenvalue weighted by atomic mass is 16.5. The third-order valence-corrected chi connectivity index (χ3v) is 5.87. The van der Waals surface area contributed by atoms with Crippen molar-refractivity contribution in [2.75, 3.05) is 20.8 Å². The van der Waals surface area contributed by atoms with Crippen LogP contribution in [0.3, 0.4) is 0 Å². The van der Waals surface area contributed by atoms with E-state index in [0.29, 0.717) is 41.2 Å². The summed E-state index contributed by atoms with van der Waals surface area (Å²) in [7, 11) is 3.19. The fraction of sp³-hybridized carbons (Fsp3) is 0.154. The van der Waals surface area contributed by atoms with Crippen LogP contribution in [0.2, 0.25) is 0 Å². The first kappa shape index (κ1) is 19.9. The molecule has 0 atom stereocenters. The van der Waals surface area contributed by atoms with Crippen molar-refractivity contribution in [1.29, 1.82) is 0 Å². The van der Waals surface area contributed by atoms with Crippen LogP contribution in [0.5, 0.6) is 11.5 Å². The van der Waals surface area contributed by atoms with E-state index < -0.39 is 0 Å². The van der Waals surface area contributed by atoms with Gasteiger partial charge in [-0.3, -0.25) is 14.2 Å². The Balaban J connectivity index is 1.88. The van der Waals surface area contributed by atoms with Gasteiger partial charge in [-0.15, -0.1) is 0 Å². The maximum atomic E-state index is 13.6. The molecule has 0 fully saturated rings. The number of carbonyl (C=O) groups is 2. The van der Waals surface area contributed by atoms with E-state index in [9.17, 15) is 9.59 Å². The van der Waals surface area contributed by atoms with Gasteiger partial charge in [-0.05, 0) is 47.9 Å². The summed E-state index contributed by atoms with van der Waals surface area (Å²) in [6, 6.07) is 20.4. The van der Waals surface area contributed by atoms with Gasteiger partial charge in [0.15, 0.2) is 11.5 Å². The number of fused-ring (bicyclic) bond motifs is 5. The van der Waals surface area contributed by atoms with Crippen molar-refractivity contribution in [3.05, 3.63) is 83.6 Å². The van der Waals surface area contributed by atoms with Crippen LogP contribution in [-0.4, -0.2) is 37.1 Å². The van der Waals surface area contributed by atoms with Crippen molar-refractivity contribution in [2.45, 2.75) is 6.42 Å². The maximum absolute atomic E-state index is 13.6. The molecule has 3 aromatic carbocycles. The van der Waals surface area contributed by atoms with Crippen molar-refractivity contribution in [3.63, 3.8) is 0 Å². The van der Waals surface area contributed by atoms with Gasteiger partial charge in [-0.25, -0.2) is 0 Å². The van der Waals surface area contributed by atoms with Crippen LogP contribution in [0.1, 0.15) is 26.4 Å². The Kier molecular flexibility index (Phi) is 4.90. The van der Waals surface area contributed by atoms with Gasteiger partial charge in [-0.2, -0.15) is 0 Å². The lowest BCUT2D eigenvalue weighted by Crippen LogP contribution is -2.31. The monoisotopic (exact) mass is 426 g/mol. The number of hydrogen-bond donors (Lipinski definition) is 1. The normalized spacial score (nSPS) is 12.9. The Labute approximate surface area is 185 Å². The van der Waals surface area contributed by atoms with Crippen LogP contribution in [0.25, 0.3) is 22.0 Å². The minimum Gasteiger partial charge on any atom is -0.493 e. The molecule has 160 valence electrons. The van der Waals surface area contributed by atoms with Crippen LogP contribution in [-0.2, 0) is 6.42 Å². The van der Waals surface area contributed by atoms with Gasteiger partial charge >= 0.3 is 0 Å². The molecule has 32 heavy (non-hydrogen) atoms. The summed E-state index contributed by atoms with van der Waals surface area (Å²) < 4.78 is 12.6. The Morgan fingerprint density at radius 1 is 0.938 bits per heavy atom. The molecule has 5 rings (SSSR count). The summed E-state index contributed by atoms with van der Waals surface area (Å²) in [5, 5.41) is 3.80. The summed E-state index contributed by atoms with van der Waals surface area (Å²) in [6.07, 6.45) is 0.632. The lowest BCUT2D eigenvalue weighted by atomic mass is 9.93. The van der Waals surface area contributed by atoms with E-state index in [1.165, 1.54) is 4.57 Å². The molecule has 1 N–H and O–H groups in total. The molecule has 0 aliphatic carbocycles. The largest absolute Gasteiger partial charge is 0.493 e. The molecule has 0 saturated carbocycles. The molecule has 0 unspecified atom stereocenters. The van der Waals surface area contributed by atoms with E-state index in [4.69, 9.17) is 9.47 Å². The Morgan fingerprint density at radius 2 is 1.62 bits per heavy atom. The van der Waals surface area contributed by atoms with Gasteiger partial charge in [0.2, 0.25) is 0 Å². The molecule has 6 nitrogen and oxygen atoms in total. The quantitative estimate of drug-likeness (QED) is 0.530. The second-order valence-electron chi connectivity index (χ2n) is 7.62. The Hall–Kier alpha value is -4.06. The number of nitrogens with one attached hydrogen (secondary N) is 1. The van der Waals surface area contributed by atoms with E-state index in [2.05, 4.69) is 5.32 Å². The van der Waals surface area contributed by atoms with Crippen LogP contribution in [0.15, 0.2) is 66.7 Å². The first-order valence-corrected chi connectivity index (χ1v) is 10.4. The number of rotatable bonds is 3. The molecule has 6 heteroatoms. The number of aromatic nitrogens is 1. The summed E-state index contributed by atoms with van der Waals surface area (Å²) in [5.74, 6) is 0.676. The molecule has 1 aliphatic heterocycles. The SMILES string of the molecule is COc1cc2c(cc1OC)-c1c(n(C(=O)c3ccccc3)c3ccccc13)C(=O)NCC2. The number of amides is 1. The first-order chi connectivity index (χ1) is 15.6. The zero-order chi connectivity index (χ0) is 22.2. The van der Waals surface area contributed by atoms with Crippen molar-refractivity contribution < 1.29 is 19.1 Å². The van der Waals surface area contributed by atoms with Gasteiger partial charge in [0.05, 0.1) is 19.7 Å². The highest BCUT2D eigenvalue weighted by molar-refractivity contribution is 6.17. The molecule has 4 aromatic rings. The number of ether oxygens (including phenoxy) is 2. The number of nitrogens with zero attached hydrogens (tertiary/aromatic N) is 1. The van der Waals surface area contributed by atoms with Gasteiger partial charge in [0.1, 0.15) is 5.69 Å². The van der Waals surface area contributed by atoms with Crippen LogP contribution >= 0.6 is 0 Å². The maximum Gasteiger partial charge on any atom is 0.269 e. The predicted octanol–water partition coefficient (Wildman–Crippen LogP) is 4.30. The van der Waals surface area contributed by atoms with Crippen molar-refractivity contribution in [1.82, 2.24) is 9.88 Å². The second-order valence-corrected chi connectivity index (χ2v) is 7.62. The second kappa shape index (κ2) is 7.89. The highest BCUT2D eigenvalue weighted by Gasteiger charge is 2.30. The fourth-order valence-corrected chi connectivity index (χ4v) is 4.40. The van der Waals surface area contributed by atoms with Crippen molar-refractivity contribution in [2.24, 2.45) is 0 Å². The average Bonchev–Trinajstić information content (AvgIpc) is 3.17.